The summed E-state index contributed by atoms with van der Waals surface area (Å²) in [5, 5.41) is 0.950. The van der Waals surface area contributed by atoms with Crippen LogP contribution < -0.4 is 10.6 Å². The molecule has 8 heteroatoms. The van der Waals surface area contributed by atoms with Crippen LogP contribution in [-0.4, -0.2) is 39.8 Å². The minimum atomic E-state index is -1.01. The number of anilines is 1. The van der Waals surface area contributed by atoms with Gasteiger partial charge in [-0.2, -0.15) is 0 Å². The molecule has 1 aliphatic heterocycles. The number of piperidine rings is 1. The highest BCUT2D eigenvalue weighted by Crippen LogP contribution is 2.32. The fraction of sp³-hybridized carbons (Fsp3) is 0.304. The average Bonchev–Trinajstić information content (AvgIpc) is 3.31. The number of hydrogen-bond donors (Lipinski definition) is 1. The van der Waals surface area contributed by atoms with E-state index < -0.39 is 12.2 Å². The van der Waals surface area contributed by atoms with Gasteiger partial charge in [0.15, 0.2) is 0 Å². The topological polar surface area (TPSA) is 60.0 Å². The number of fused-ring (bicyclic) bond motifs is 1. The first-order chi connectivity index (χ1) is 15.0. The molecule has 31 heavy (non-hydrogen) atoms. The molecule has 0 unspecified atom stereocenters. The number of aryl methyl sites for hydroxylation is 1. The van der Waals surface area contributed by atoms with E-state index in [1.807, 2.05) is 46.7 Å². The molecule has 0 spiro atoms. The molecular weight excluding hydrogens is 416 g/mol. The number of alkyl halides is 1. The van der Waals surface area contributed by atoms with Gasteiger partial charge in [0.1, 0.15) is 17.0 Å². The Hall–Kier alpha value is -2.84. The quantitative estimate of drug-likeness (QED) is 0.508. The van der Waals surface area contributed by atoms with Crippen LogP contribution >= 0.6 is 11.3 Å². The Bertz CT molecular complexity index is 1220. The highest BCUT2D eigenvalue weighted by atomic mass is 32.1. The van der Waals surface area contributed by atoms with Gasteiger partial charge in [-0.25, -0.2) is 18.7 Å². The Morgan fingerprint density at radius 2 is 1.97 bits per heavy atom. The monoisotopic (exact) mass is 439 g/mol. The molecule has 2 N–H and O–H groups in total. The van der Waals surface area contributed by atoms with Gasteiger partial charge in [0.05, 0.1) is 29.3 Å². The zero-order valence-corrected chi connectivity index (χ0v) is 17.9. The van der Waals surface area contributed by atoms with Crippen molar-refractivity contribution in [3.63, 3.8) is 0 Å². The van der Waals surface area contributed by atoms with Gasteiger partial charge in [-0.1, -0.05) is 30.3 Å². The number of thiazole rings is 1. The van der Waals surface area contributed by atoms with Crippen LogP contribution in [0, 0.1) is 12.7 Å². The highest BCUT2D eigenvalue weighted by Gasteiger charge is 2.29. The van der Waals surface area contributed by atoms with Crippen LogP contribution in [0.1, 0.15) is 17.0 Å². The van der Waals surface area contributed by atoms with E-state index in [1.54, 1.807) is 17.4 Å². The first-order valence-electron chi connectivity index (χ1n) is 10.3. The molecule has 1 fully saturated rings. The Morgan fingerprint density at radius 1 is 1.16 bits per heavy atom. The molecular formula is C23H23F2N5S. The van der Waals surface area contributed by atoms with Crippen molar-refractivity contribution in [3.8, 4) is 10.6 Å². The van der Waals surface area contributed by atoms with Gasteiger partial charge in [-0.05, 0) is 31.5 Å². The maximum Gasteiger partial charge on any atom is 0.206 e. The number of hydrogen-bond acceptors (Lipinski definition) is 5. The van der Waals surface area contributed by atoms with E-state index in [9.17, 15) is 8.78 Å². The van der Waals surface area contributed by atoms with Crippen LogP contribution in [0.4, 0.5) is 14.7 Å². The first-order valence-corrected chi connectivity index (χ1v) is 11.1. The molecule has 2 atom stereocenters. The zero-order chi connectivity index (χ0) is 21.5. The molecule has 1 aliphatic rings. The number of aromatic nitrogens is 3. The van der Waals surface area contributed by atoms with E-state index >= 15 is 0 Å². The molecule has 2 aromatic carbocycles. The second-order valence-corrected chi connectivity index (χ2v) is 9.02. The summed E-state index contributed by atoms with van der Waals surface area (Å²) in [6.45, 7) is 3.40. The predicted molar refractivity (Wildman–Crippen MR) is 121 cm³/mol. The van der Waals surface area contributed by atoms with Crippen molar-refractivity contribution in [2.24, 2.45) is 5.73 Å². The fourth-order valence-corrected chi connectivity index (χ4v) is 5.09. The third-order valence-electron chi connectivity index (χ3n) is 5.76. The standard InChI is InChI=1S/C23H23F2N5S/c1-14-21(31-22(27-14)15-5-3-2-4-6-15)13-30-20-11-16(24)7-8-19(20)28-23(30)29-10-9-17(25)18(26)12-29/h2-8,11,17-18H,9-10,12-13,26H2,1H3/t17-,18-/m1/s1. The largest absolute Gasteiger partial charge is 0.340 e. The lowest BCUT2D eigenvalue weighted by Crippen LogP contribution is -2.50. The summed E-state index contributed by atoms with van der Waals surface area (Å²) < 4.78 is 30.0. The molecule has 0 aliphatic carbocycles. The molecule has 1 saturated heterocycles. The van der Waals surface area contributed by atoms with E-state index in [4.69, 9.17) is 15.7 Å². The third kappa shape index (κ3) is 3.81. The van der Waals surface area contributed by atoms with E-state index in [1.165, 1.54) is 12.1 Å². The Morgan fingerprint density at radius 3 is 2.74 bits per heavy atom. The van der Waals surface area contributed by atoms with Gasteiger partial charge in [-0.3, -0.25) is 0 Å². The van der Waals surface area contributed by atoms with Gasteiger partial charge in [0, 0.05) is 23.5 Å². The number of nitrogens with two attached hydrogens (primary N) is 1. The van der Waals surface area contributed by atoms with Gasteiger partial charge >= 0.3 is 0 Å². The second-order valence-electron chi connectivity index (χ2n) is 7.94. The van der Waals surface area contributed by atoms with Crippen molar-refractivity contribution in [3.05, 3.63) is 64.9 Å². The number of benzene rings is 2. The summed E-state index contributed by atoms with van der Waals surface area (Å²) >= 11 is 1.62. The van der Waals surface area contributed by atoms with E-state index in [2.05, 4.69) is 0 Å². The van der Waals surface area contributed by atoms with Crippen molar-refractivity contribution >= 4 is 28.3 Å². The van der Waals surface area contributed by atoms with Crippen molar-refractivity contribution in [2.75, 3.05) is 18.0 Å². The lowest BCUT2D eigenvalue weighted by molar-refractivity contribution is 0.243. The summed E-state index contributed by atoms with van der Waals surface area (Å²) in [5.41, 5.74) is 9.42. The van der Waals surface area contributed by atoms with Crippen LogP contribution in [0.3, 0.4) is 0 Å². The summed E-state index contributed by atoms with van der Waals surface area (Å²) in [7, 11) is 0. The molecule has 0 radical (unpaired) electrons. The van der Waals surface area contributed by atoms with Gasteiger partial charge in [-0.15, -0.1) is 11.3 Å². The summed E-state index contributed by atoms with van der Waals surface area (Å²) in [5.74, 6) is 0.377. The highest BCUT2D eigenvalue weighted by molar-refractivity contribution is 7.15. The Balaban J connectivity index is 1.56. The maximum absolute atomic E-state index is 14.1. The number of halogens is 2. The van der Waals surface area contributed by atoms with Crippen molar-refractivity contribution in [1.82, 2.24) is 14.5 Å². The van der Waals surface area contributed by atoms with Gasteiger partial charge < -0.3 is 15.2 Å². The molecule has 2 aromatic heterocycles. The average molecular weight is 440 g/mol. The molecule has 0 amide bonds. The summed E-state index contributed by atoms with van der Waals surface area (Å²) in [6.07, 6.45) is -0.653. The SMILES string of the molecule is Cc1nc(-c2ccccc2)sc1Cn1c(N2CC[C@@H](F)[C@H](N)C2)nc2ccc(F)cc21. The Kier molecular flexibility index (Phi) is 5.19. The zero-order valence-electron chi connectivity index (χ0n) is 17.1. The van der Waals surface area contributed by atoms with Crippen LogP contribution in [0.15, 0.2) is 48.5 Å². The first kappa shape index (κ1) is 20.1. The van der Waals surface area contributed by atoms with Gasteiger partial charge in [0.25, 0.3) is 0 Å². The minimum Gasteiger partial charge on any atom is -0.340 e. The minimum absolute atomic E-state index is 0.314. The lowest BCUT2D eigenvalue weighted by atomic mass is 10.1. The van der Waals surface area contributed by atoms with Crippen LogP contribution in [0.25, 0.3) is 21.6 Å². The summed E-state index contributed by atoms with van der Waals surface area (Å²) in [6, 6.07) is 14.1. The molecule has 4 aromatic rings. The number of rotatable bonds is 4. The van der Waals surface area contributed by atoms with Crippen LogP contribution in [0.2, 0.25) is 0 Å². The van der Waals surface area contributed by atoms with Crippen LogP contribution in [0.5, 0.6) is 0 Å². The molecule has 160 valence electrons. The van der Waals surface area contributed by atoms with E-state index in [0.717, 1.165) is 21.1 Å². The van der Waals surface area contributed by atoms with Crippen LogP contribution in [-0.2, 0) is 6.54 Å². The maximum atomic E-state index is 14.1. The number of nitrogens with zero attached hydrogens (tertiary/aromatic N) is 4. The van der Waals surface area contributed by atoms with E-state index in [0.29, 0.717) is 43.0 Å². The molecule has 5 rings (SSSR count). The van der Waals surface area contributed by atoms with Gasteiger partial charge in [0.2, 0.25) is 5.95 Å². The predicted octanol–water partition coefficient (Wildman–Crippen LogP) is 4.53. The smallest absolute Gasteiger partial charge is 0.206 e. The number of imidazole rings is 1. The van der Waals surface area contributed by atoms with E-state index in [-0.39, 0.29) is 5.82 Å². The fourth-order valence-electron chi connectivity index (χ4n) is 4.04. The Labute approximate surface area is 183 Å². The molecule has 3 heterocycles. The second kappa shape index (κ2) is 8.01. The molecule has 0 bridgehead atoms. The lowest BCUT2D eigenvalue weighted by Gasteiger charge is -2.34. The van der Waals surface area contributed by atoms with Crippen molar-refractivity contribution in [1.29, 1.82) is 0 Å². The van der Waals surface area contributed by atoms with Crippen molar-refractivity contribution in [2.45, 2.75) is 32.1 Å². The van der Waals surface area contributed by atoms with Crippen molar-refractivity contribution < 1.29 is 8.78 Å². The summed E-state index contributed by atoms with van der Waals surface area (Å²) in [4.78, 5) is 12.6. The molecule has 0 saturated carbocycles. The molecule has 5 nitrogen and oxygen atoms in total. The normalized spacial score (nSPS) is 19.3. The third-order valence-corrected chi connectivity index (χ3v) is 6.95.